The van der Waals surface area contributed by atoms with E-state index in [-0.39, 0.29) is 61.2 Å². The number of hydrogen-bond donors (Lipinski definition) is 0. The predicted octanol–water partition coefficient (Wildman–Crippen LogP) is 5.66. The Labute approximate surface area is 190 Å². The van der Waals surface area contributed by atoms with Gasteiger partial charge in [0.25, 0.3) is 0 Å². The third kappa shape index (κ3) is 21.6. The maximum Gasteiger partial charge on any atom is 2.00 e. The number of allylic oxidation sites excluding steroid dienone is 6. The first-order chi connectivity index (χ1) is 9.24. The molecule has 0 amide bonds. The Bertz CT molecular complexity index is 307. The second-order valence-electron chi connectivity index (χ2n) is 4.78. The van der Waals surface area contributed by atoms with Crippen molar-refractivity contribution in [1.29, 1.82) is 0 Å². The van der Waals surface area contributed by atoms with Gasteiger partial charge in [-0.05, 0) is 0 Å². The maximum absolute atomic E-state index is 4.11. The van der Waals surface area contributed by atoms with Crippen LogP contribution < -0.4 is 0 Å². The smallest absolute Gasteiger partial charge is 0.358 e. The Morgan fingerprint density at radius 2 is 2.00 bits per heavy atom. The Morgan fingerprint density at radius 3 is 2.55 bits per heavy atom. The van der Waals surface area contributed by atoms with Crippen molar-refractivity contribution in [3.63, 3.8) is 0 Å². The molecule has 0 saturated carbocycles. The molecule has 0 fully saturated rings. The van der Waals surface area contributed by atoms with Crippen LogP contribution in [0, 0.1) is 33.3 Å². The van der Waals surface area contributed by atoms with Crippen molar-refractivity contribution in [1.82, 2.24) is 0 Å². The summed E-state index contributed by atoms with van der Waals surface area (Å²) >= 11 is 1.52. The number of hydrogen-bond acceptors (Lipinski definition) is 0. The molecule has 0 aromatic carbocycles. The normalized spacial score (nSPS) is 12.4. The van der Waals surface area contributed by atoms with E-state index in [0.29, 0.717) is 5.92 Å². The second-order valence-corrected chi connectivity index (χ2v) is 5.63. The average molecular weight is 715 g/mol. The van der Waals surface area contributed by atoms with Crippen molar-refractivity contribution in [2.75, 3.05) is 0 Å². The molecule has 0 N–H and O–H groups in total. The van der Waals surface area contributed by atoms with Gasteiger partial charge in [0.1, 0.15) is 0 Å². The molecule has 0 bridgehead atoms. The van der Waals surface area contributed by atoms with E-state index in [1.165, 1.54) is 44.2 Å². The van der Waals surface area contributed by atoms with Gasteiger partial charge in [0.15, 0.2) is 0 Å². The minimum Gasteiger partial charge on any atom is -0.358 e. The third-order valence-electron chi connectivity index (χ3n) is 2.93. The predicted molar refractivity (Wildman–Crippen MR) is 89.7 cm³/mol. The fourth-order valence-corrected chi connectivity index (χ4v) is 2.40. The molecule has 0 rings (SSSR count). The molecule has 0 spiro atoms. The molecule has 1 radical (unpaired) electrons. The first-order valence-corrected chi connectivity index (χ1v) is 8.94. The van der Waals surface area contributed by atoms with Crippen molar-refractivity contribution in [3.8, 4) is 0 Å². The molecule has 0 aromatic heterocycles. The summed E-state index contributed by atoms with van der Waals surface area (Å²) in [5.41, 5.74) is 1.44. The van der Waals surface area contributed by atoms with E-state index < -0.39 is 0 Å². The third-order valence-corrected chi connectivity index (χ3v) is 4.02. The van der Waals surface area contributed by atoms with Crippen LogP contribution in [0.2, 0.25) is 0 Å². The molecule has 1 unspecified atom stereocenters. The summed E-state index contributed by atoms with van der Waals surface area (Å²) in [6.07, 6.45) is 19.7. The minimum atomic E-state index is 0. The average Bonchev–Trinajstić information content (AvgIpc) is 2.41. The van der Waals surface area contributed by atoms with Gasteiger partial charge in [-0.25, -0.2) is 0 Å². The molecule has 1 atom stereocenters. The summed E-state index contributed by atoms with van der Waals surface area (Å²) in [5.74, 6) is 0.546. The van der Waals surface area contributed by atoms with Crippen LogP contribution in [0.5, 0.6) is 0 Å². The van der Waals surface area contributed by atoms with Gasteiger partial charge >= 0.3 is 145 Å². The minimum absolute atomic E-state index is 0. The van der Waals surface area contributed by atoms with E-state index in [2.05, 4.69) is 43.4 Å². The second kappa shape index (κ2) is 24.8. The van der Waals surface area contributed by atoms with Gasteiger partial charge in [0.05, 0.1) is 0 Å². The Balaban J connectivity index is -0.000000540. The van der Waals surface area contributed by atoms with E-state index >= 15 is 0 Å². The van der Waals surface area contributed by atoms with Gasteiger partial charge in [-0.15, -0.1) is 0 Å². The van der Waals surface area contributed by atoms with Gasteiger partial charge in [-0.2, -0.15) is 0 Å². The monoisotopic (exact) mass is 715 g/mol. The molecule has 3 heteroatoms. The van der Waals surface area contributed by atoms with Crippen LogP contribution in [-0.2, 0) is 73.1 Å². The number of rotatable bonds is 11. The maximum atomic E-state index is 4.11. The Hall–Kier alpha value is 1.57. The van der Waals surface area contributed by atoms with E-state index in [4.69, 9.17) is 0 Å². The van der Waals surface area contributed by atoms with Crippen LogP contribution in [0.4, 0.5) is 0 Å². The van der Waals surface area contributed by atoms with E-state index in [1.54, 1.807) is 0 Å². The molecule has 0 nitrogen and oxygen atoms in total. The van der Waals surface area contributed by atoms with E-state index in [1.807, 2.05) is 12.2 Å². The van der Waals surface area contributed by atoms with E-state index in [9.17, 15) is 0 Å². The van der Waals surface area contributed by atoms with Crippen molar-refractivity contribution >= 4 is 4.40 Å². The standard InChI is InChI=1S/C18H27.CH3.2W.Y/c1-5-7-14-18(4)16-12-10-8-9-11-15-17(3)13-6-2;;;;/h4,8-9,12,16-17H,2-3,5-7,11,13-15H2,1H3;1H3;;;/q-3;-1;;+2;/b9-8?,18-16+;;;;. The summed E-state index contributed by atoms with van der Waals surface area (Å²) in [7, 11) is 0. The molecular weight excluding hydrogens is 685 g/mol. The van der Waals surface area contributed by atoms with Gasteiger partial charge in [-0.1, -0.05) is 0 Å². The van der Waals surface area contributed by atoms with Crippen molar-refractivity contribution in [3.05, 3.63) is 57.2 Å². The fraction of sp³-hybridized carbons (Fsp3) is 0.474. The quantitative estimate of drug-likeness (QED) is 0.192. The van der Waals surface area contributed by atoms with Crippen LogP contribution in [0.3, 0.4) is 0 Å². The molecule has 22 heavy (non-hydrogen) atoms. The van der Waals surface area contributed by atoms with Crippen molar-refractivity contribution < 1.29 is 73.1 Å². The van der Waals surface area contributed by atoms with Crippen LogP contribution in [0.1, 0.15) is 51.9 Å². The molecular formula is C19H30W2Y-2. The van der Waals surface area contributed by atoms with Crippen LogP contribution in [-0.4, -0.2) is 4.40 Å². The fourth-order valence-electron chi connectivity index (χ4n) is 1.69. The summed E-state index contributed by atoms with van der Waals surface area (Å²) in [6, 6.07) is 0. The van der Waals surface area contributed by atoms with Gasteiger partial charge in [0, 0.05) is 32.7 Å². The van der Waals surface area contributed by atoms with E-state index in [0.717, 1.165) is 25.7 Å². The Kier molecular flexibility index (Phi) is 35.4. The van der Waals surface area contributed by atoms with Crippen LogP contribution in [0.25, 0.3) is 0 Å². The van der Waals surface area contributed by atoms with Crippen molar-refractivity contribution in [2.45, 2.75) is 51.9 Å². The molecule has 0 saturated heterocycles. The first kappa shape index (κ1) is 31.4. The summed E-state index contributed by atoms with van der Waals surface area (Å²) in [4.78, 5) is 0. The topological polar surface area (TPSA) is 0 Å². The molecule has 0 aliphatic carbocycles. The van der Waals surface area contributed by atoms with Crippen LogP contribution >= 0.6 is 0 Å². The SMILES string of the molecule is [CH2-]CCC([CH2-])CCC=C[C-]=C/C=C(\[CH]=[W])CCCC.[CH3-].[W+2].[Y]. The van der Waals surface area contributed by atoms with Gasteiger partial charge in [0.2, 0.25) is 0 Å². The van der Waals surface area contributed by atoms with Crippen molar-refractivity contribution in [2.24, 2.45) is 5.92 Å². The molecule has 123 valence electrons. The molecule has 0 heterocycles. The zero-order valence-electron chi connectivity index (χ0n) is 14.2. The summed E-state index contributed by atoms with van der Waals surface area (Å²) in [6.45, 7) is 10.2. The Morgan fingerprint density at radius 1 is 1.32 bits per heavy atom. The number of unbranched alkanes of at least 4 members (excludes halogenated alkanes) is 1. The first-order valence-electron chi connectivity index (χ1n) is 7.25. The summed E-state index contributed by atoms with van der Waals surface area (Å²) in [5, 5.41) is 0. The molecule has 0 aromatic rings. The summed E-state index contributed by atoms with van der Waals surface area (Å²) < 4.78 is 2.27. The zero-order chi connectivity index (χ0) is 14.3. The molecule has 0 aliphatic heterocycles. The van der Waals surface area contributed by atoms with Crippen LogP contribution in [0.15, 0.2) is 29.9 Å². The molecule has 0 aliphatic rings. The van der Waals surface area contributed by atoms with Gasteiger partial charge < -0.3 is 14.4 Å². The largest absolute Gasteiger partial charge is 2.00 e. The van der Waals surface area contributed by atoms with Gasteiger partial charge in [-0.3, -0.25) is 0 Å². The zero-order valence-corrected chi connectivity index (χ0v) is 22.9.